The third-order valence-corrected chi connectivity index (χ3v) is 6.25. The second kappa shape index (κ2) is 9.08. The quantitative estimate of drug-likeness (QED) is 0.722. The van der Waals surface area contributed by atoms with Gasteiger partial charge in [-0.2, -0.15) is 0 Å². The first-order chi connectivity index (χ1) is 14.6. The lowest BCUT2D eigenvalue weighted by Crippen LogP contribution is -2.41. The van der Waals surface area contributed by atoms with Gasteiger partial charge in [-0.15, -0.1) is 0 Å². The van der Waals surface area contributed by atoms with E-state index >= 15 is 0 Å². The molecular weight excluding hydrogens is 382 g/mol. The molecule has 1 aromatic carbocycles. The minimum atomic E-state index is 0.181. The van der Waals surface area contributed by atoms with Crippen LogP contribution < -0.4 is 9.47 Å². The molecule has 30 heavy (non-hydrogen) atoms. The van der Waals surface area contributed by atoms with Crippen LogP contribution in [0.1, 0.15) is 37.1 Å². The molecule has 0 radical (unpaired) electrons. The molecule has 0 saturated carbocycles. The molecule has 0 N–H and O–H groups in total. The normalized spacial score (nSPS) is 18.0. The fourth-order valence-electron chi connectivity index (χ4n) is 4.41. The molecule has 0 aliphatic carbocycles. The van der Waals surface area contributed by atoms with Gasteiger partial charge in [0.2, 0.25) is 11.8 Å². The topological polar surface area (TPSA) is 68.0 Å². The molecule has 4 rings (SSSR count). The van der Waals surface area contributed by atoms with Gasteiger partial charge in [0.05, 0.1) is 19.9 Å². The van der Waals surface area contributed by atoms with Crippen LogP contribution in [-0.2, 0) is 11.3 Å². The van der Waals surface area contributed by atoms with Crippen LogP contribution in [0.4, 0.5) is 0 Å². The number of hydrogen-bond acceptors (Lipinski definition) is 6. The van der Waals surface area contributed by atoms with E-state index in [1.165, 1.54) is 0 Å². The van der Waals surface area contributed by atoms with Crippen LogP contribution in [0.5, 0.6) is 11.5 Å². The van der Waals surface area contributed by atoms with Crippen molar-refractivity contribution in [1.82, 2.24) is 14.8 Å². The Kier molecular flexibility index (Phi) is 6.27. The highest BCUT2D eigenvalue weighted by Crippen LogP contribution is 2.33. The van der Waals surface area contributed by atoms with Crippen LogP contribution in [0.3, 0.4) is 0 Å². The highest BCUT2D eigenvalue weighted by Gasteiger charge is 2.30. The van der Waals surface area contributed by atoms with E-state index in [0.29, 0.717) is 23.3 Å². The van der Waals surface area contributed by atoms with Gasteiger partial charge in [-0.1, -0.05) is 0 Å². The van der Waals surface area contributed by atoms with Gasteiger partial charge in [-0.05, 0) is 63.9 Å². The molecule has 0 unspecified atom stereocenters. The van der Waals surface area contributed by atoms with E-state index in [1.54, 1.807) is 14.2 Å². The average Bonchev–Trinajstić information content (AvgIpc) is 3.44. The van der Waals surface area contributed by atoms with E-state index in [4.69, 9.17) is 18.9 Å². The number of piperidine rings is 1. The van der Waals surface area contributed by atoms with E-state index in [-0.39, 0.29) is 5.92 Å². The summed E-state index contributed by atoms with van der Waals surface area (Å²) in [5, 5.41) is 0. The molecule has 0 bridgehead atoms. The average molecular weight is 414 g/mol. The SMILES string of the molecule is COc1ccc(-c2nc(CN3CCC(C(=O)N4CCCC4)CC3)c(C)o2)cc1OC. The second-order valence-corrected chi connectivity index (χ2v) is 8.17. The van der Waals surface area contributed by atoms with E-state index in [1.807, 2.05) is 25.1 Å². The zero-order chi connectivity index (χ0) is 21.1. The molecule has 162 valence electrons. The number of aryl methyl sites for hydroxylation is 1. The molecule has 0 spiro atoms. The van der Waals surface area contributed by atoms with E-state index < -0.39 is 0 Å². The predicted molar refractivity (Wildman–Crippen MR) is 114 cm³/mol. The molecule has 2 saturated heterocycles. The maximum absolute atomic E-state index is 12.6. The standard InChI is InChI=1S/C23H31N3O4/c1-16-19(24-22(30-16)18-6-7-20(28-2)21(14-18)29-3)15-25-12-8-17(9-13-25)23(27)26-10-4-5-11-26/h6-7,14,17H,4-5,8-13,15H2,1-3H3. The van der Waals surface area contributed by atoms with Crippen molar-refractivity contribution < 1.29 is 18.7 Å². The fraction of sp³-hybridized carbons (Fsp3) is 0.565. The molecule has 7 nitrogen and oxygen atoms in total. The Morgan fingerprint density at radius 3 is 2.47 bits per heavy atom. The second-order valence-electron chi connectivity index (χ2n) is 8.17. The number of carbonyl (C=O) groups excluding carboxylic acids is 1. The van der Waals surface area contributed by atoms with E-state index in [0.717, 1.165) is 75.4 Å². The summed E-state index contributed by atoms with van der Waals surface area (Å²) in [6.45, 7) is 6.42. The Bertz CT molecular complexity index is 881. The highest BCUT2D eigenvalue weighted by molar-refractivity contribution is 5.79. The van der Waals surface area contributed by atoms with Crippen molar-refractivity contribution in [1.29, 1.82) is 0 Å². The number of aromatic nitrogens is 1. The molecular formula is C23H31N3O4. The molecule has 2 aliphatic heterocycles. The molecule has 2 aromatic rings. The molecule has 0 atom stereocenters. The summed E-state index contributed by atoms with van der Waals surface area (Å²) < 4.78 is 16.6. The zero-order valence-electron chi connectivity index (χ0n) is 18.1. The van der Waals surface area contributed by atoms with Crippen molar-refractivity contribution in [2.45, 2.75) is 39.2 Å². The minimum absolute atomic E-state index is 0.181. The Balaban J connectivity index is 1.38. The van der Waals surface area contributed by atoms with Gasteiger partial charge in [0.1, 0.15) is 5.76 Å². The number of amides is 1. The summed E-state index contributed by atoms with van der Waals surface area (Å²) in [4.78, 5) is 21.8. The van der Waals surface area contributed by atoms with E-state index in [2.05, 4.69) is 9.80 Å². The number of benzene rings is 1. The number of ether oxygens (including phenoxy) is 2. The van der Waals surface area contributed by atoms with Gasteiger partial charge in [-0.3, -0.25) is 9.69 Å². The summed E-state index contributed by atoms with van der Waals surface area (Å²) >= 11 is 0. The lowest BCUT2D eigenvalue weighted by molar-refractivity contribution is -0.136. The number of likely N-dealkylation sites (tertiary alicyclic amines) is 2. The lowest BCUT2D eigenvalue weighted by Gasteiger charge is -2.32. The Labute approximate surface area is 178 Å². The van der Waals surface area contributed by atoms with Crippen molar-refractivity contribution in [2.75, 3.05) is 40.4 Å². The van der Waals surface area contributed by atoms with Crippen molar-refractivity contribution in [3.63, 3.8) is 0 Å². The fourth-order valence-corrected chi connectivity index (χ4v) is 4.41. The Hall–Kier alpha value is -2.54. The number of oxazole rings is 1. The molecule has 1 amide bonds. The smallest absolute Gasteiger partial charge is 0.226 e. The summed E-state index contributed by atoms with van der Waals surface area (Å²) in [6.07, 6.45) is 4.15. The minimum Gasteiger partial charge on any atom is -0.493 e. The molecule has 2 fully saturated rings. The van der Waals surface area contributed by atoms with Gasteiger partial charge < -0.3 is 18.8 Å². The van der Waals surface area contributed by atoms with Gasteiger partial charge in [0.15, 0.2) is 11.5 Å². The zero-order valence-corrected chi connectivity index (χ0v) is 18.1. The first-order valence-electron chi connectivity index (χ1n) is 10.8. The number of nitrogens with zero attached hydrogens (tertiary/aromatic N) is 3. The summed E-state index contributed by atoms with van der Waals surface area (Å²) in [7, 11) is 3.23. The van der Waals surface area contributed by atoms with Crippen LogP contribution in [-0.4, -0.2) is 61.1 Å². The van der Waals surface area contributed by atoms with Crippen molar-refractivity contribution in [2.24, 2.45) is 5.92 Å². The lowest BCUT2D eigenvalue weighted by atomic mass is 9.95. The van der Waals surface area contributed by atoms with Crippen molar-refractivity contribution >= 4 is 5.91 Å². The molecule has 1 aromatic heterocycles. The van der Waals surface area contributed by atoms with Crippen LogP contribution in [0.2, 0.25) is 0 Å². The predicted octanol–water partition coefficient (Wildman–Crippen LogP) is 3.50. The van der Waals surface area contributed by atoms with Crippen LogP contribution in [0.15, 0.2) is 22.6 Å². The summed E-state index contributed by atoms with van der Waals surface area (Å²) in [5.74, 6) is 3.28. The third-order valence-electron chi connectivity index (χ3n) is 6.25. The largest absolute Gasteiger partial charge is 0.493 e. The van der Waals surface area contributed by atoms with E-state index in [9.17, 15) is 4.79 Å². The summed E-state index contributed by atoms with van der Waals surface area (Å²) in [6, 6.07) is 5.66. The first kappa shape index (κ1) is 20.7. The molecule has 7 heteroatoms. The maximum Gasteiger partial charge on any atom is 0.226 e. The van der Waals surface area contributed by atoms with Crippen molar-refractivity contribution in [3.05, 3.63) is 29.7 Å². The first-order valence-corrected chi connectivity index (χ1v) is 10.8. The molecule has 3 heterocycles. The highest BCUT2D eigenvalue weighted by atomic mass is 16.5. The third kappa shape index (κ3) is 4.31. The van der Waals surface area contributed by atoms with Crippen LogP contribution in [0.25, 0.3) is 11.5 Å². The maximum atomic E-state index is 12.6. The van der Waals surface area contributed by atoms with Gasteiger partial charge in [0.25, 0.3) is 0 Å². The van der Waals surface area contributed by atoms with Crippen LogP contribution in [0, 0.1) is 12.8 Å². The van der Waals surface area contributed by atoms with Gasteiger partial charge >= 0.3 is 0 Å². The van der Waals surface area contributed by atoms with Gasteiger partial charge in [0, 0.05) is 31.1 Å². The number of methoxy groups -OCH3 is 2. The molecule has 2 aliphatic rings. The number of rotatable bonds is 6. The Morgan fingerprint density at radius 1 is 1.10 bits per heavy atom. The Morgan fingerprint density at radius 2 is 1.80 bits per heavy atom. The van der Waals surface area contributed by atoms with Crippen LogP contribution >= 0.6 is 0 Å². The van der Waals surface area contributed by atoms with Gasteiger partial charge in [-0.25, -0.2) is 4.98 Å². The summed E-state index contributed by atoms with van der Waals surface area (Å²) in [5.41, 5.74) is 1.81. The monoisotopic (exact) mass is 413 g/mol. The number of hydrogen-bond donors (Lipinski definition) is 0. The van der Waals surface area contributed by atoms with Crippen molar-refractivity contribution in [3.8, 4) is 23.0 Å². The number of carbonyl (C=O) groups is 1.